The van der Waals surface area contributed by atoms with Crippen LogP contribution in [0.25, 0.3) is 10.8 Å². The molecule has 0 bridgehead atoms. The molecule has 15 heteroatoms. The number of amides is 1. The fourth-order valence-corrected chi connectivity index (χ4v) is 7.04. The number of halogens is 1. The molecule has 5 rings (SSSR count). The van der Waals surface area contributed by atoms with Crippen LogP contribution in [0.3, 0.4) is 0 Å². The van der Waals surface area contributed by atoms with Crippen molar-refractivity contribution in [3.63, 3.8) is 0 Å². The van der Waals surface area contributed by atoms with Gasteiger partial charge in [0.15, 0.2) is 21.3 Å². The summed E-state index contributed by atoms with van der Waals surface area (Å²) < 4.78 is 11.3. The Balaban J connectivity index is 1.33. The van der Waals surface area contributed by atoms with Crippen LogP contribution >= 0.6 is 39.0 Å². The van der Waals surface area contributed by atoms with Crippen molar-refractivity contribution in [3.8, 4) is 10.8 Å². The Morgan fingerprint density at radius 1 is 1.32 bits per heavy atom. The maximum Gasteiger partial charge on any atom is 0.355 e. The van der Waals surface area contributed by atoms with Crippen LogP contribution in [0.5, 0.6) is 0 Å². The number of non-ortho nitro benzene ring substituents is 1. The first-order valence-electron chi connectivity index (χ1n) is 11.0. The van der Waals surface area contributed by atoms with Gasteiger partial charge in [0.05, 0.1) is 4.92 Å². The Morgan fingerprint density at radius 2 is 2.05 bits per heavy atom. The lowest BCUT2D eigenvalue weighted by Gasteiger charge is -2.51. The molecule has 2 aliphatic heterocycles. The number of thioether (sulfide) groups is 1. The van der Waals surface area contributed by atoms with Gasteiger partial charge in [0.25, 0.3) is 11.6 Å². The molecular formula is C23H18BrN5O7S2. The number of fused-ring (bicyclic) bond motifs is 1. The Kier molecular flexibility index (Phi) is 6.83. The third-order valence-corrected chi connectivity index (χ3v) is 9.35. The lowest BCUT2D eigenvalue weighted by atomic mass is 9.89. The molecule has 1 amide bonds. The van der Waals surface area contributed by atoms with Gasteiger partial charge in [-0.25, -0.2) is 14.8 Å². The van der Waals surface area contributed by atoms with Crippen LogP contribution in [-0.4, -0.2) is 51.9 Å². The average Bonchev–Trinajstić information content (AvgIpc) is 3.64. The molecule has 1 aromatic carbocycles. The average molecular weight is 620 g/mol. The second kappa shape index (κ2) is 9.96. The summed E-state index contributed by atoms with van der Waals surface area (Å²) in [4.78, 5) is 58.8. The highest BCUT2D eigenvalue weighted by Crippen LogP contribution is 2.58. The first-order valence-corrected chi connectivity index (χ1v) is 13.6. The molecule has 2 aliphatic rings. The zero-order valence-electron chi connectivity index (χ0n) is 19.8. The van der Waals surface area contributed by atoms with Crippen molar-refractivity contribution in [2.45, 2.75) is 29.3 Å². The van der Waals surface area contributed by atoms with E-state index in [0.717, 1.165) is 0 Å². The Hall–Kier alpha value is -3.56. The van der Waals surface area contributed by atoms with E-state index < -0.39 is 38.6 Å². The van der Waals surface area contributed by atoms with Gasteiger partial charge in [-0.1, -0.05) is 15.9 Å². The van der Waals surface area contributed by atoms with Gasteiger partial charge in [-0.15, -0.1) is 23.1 Å². The van der Waals surface area contributed by atoms with E-state index in [1.807, 2.05) is 5.38 Å². The first kappa shape index (κ1) is 26.1. The second-order valence-corrected chi connectivity index (χ2v) is 11.5. The van der Waals surface area contributed by atoms with Crippen LogP contribution in [0.15, 0.2) is 53.1 Å². The van der Waals surface area contributed by atoms with Crippen molar-refractivity contribution in [2.24, 2.45) is 7.05 Å². The summed E-state index contributed by atoms with van der Waals surface area (Å²) in [5, 5.41) is 14.2. The van der Waals surface area contributed by atoms with Gasteiger partial charge in [-0.2, -0.15) is 0 Å². The zero-order valence-corrected chi connectivity index (χ0v) is 23.0. The highest BCUT2D eigenvalue weighted by Gasteiger charge is 2.69. The fraction of sp³-hybridized carbons (Fsp3) is 0.261. The second-order valence-electron chi connectivity index (χ2n) is 8.36. The molecule has 196 valence electrons. The largest absolute Gasteiger partial charge is 0.456 e. The number of aromatic nitrogens is 3. The van der Waals surface area contributed by atoms with Crippen LogP contribution in [0.4, 0.5) is 5.69 Å². The van der Waals surface area contributed by atoms with Gasteiger partial charge in [-0.05, 0) is 17.7 Å². The molecule has 1 fully saturated rings. The topological polar surface area (TPSA) is 147 Å². The first-order chi connectivity index (χ1) is 18.1. The number of nitro benzene ring substituents is 1. The van der Waals surface area contributed by atoms with Gasteiger partial charge in [-0.3, -0.25) is 24.6 Å². The number of carbonyl (C=O) groups is 3. The fourth-order valence-electron chi connectivity index (χ4n) is 4.10. The summed E-state index contributed by atoms with van der Waals surface area (Å²) >= 11 is 6.14. The number of β-lactam (4-membered cyclic amide) rings is 1. The summed E-state index contributed by atoms with van der Waals surface area (Å²) in [6.07, 6.45) is 2.25. The van der Waals surface area contributed by atoms with Crippen molar-refractivity contribution in [1.29, 1.82) is 0 Å². The Morgan fingerprint density at radius 3 is 2.68 bits per heavy atom. The molecule has 0 spiro atoms. The third kappa shape index (κ3) is 4.39. The van der Waals surface area contributed by atoms with Crippen molar-refractivity contribution in [3.05, 3.63) is 74.5 Å². The van der Waals surface area contributed by atoms with E-state index in [9.17, 15) is 24.5 Å². The molecule has 2 aromatic heterocycles. The smallest absolute Gasteiger partial charge is 0.355 e. The summed E-state index contributed by atoms with van der Waals surface area (Å²) in [6, 6.07) is 5.60. The number of thiazole rings is 1. The summed E-state index contributed by atoms with van der Waals surface area (Å²) in [7, 11) is 1.78. The third-order valence-electron chi connectivity index (χ3n) is 5.89. The van der Waals surface area contributed by atoms with E-state index >= 15 is 0 Å². The number of esters is 2. The molecule has 12 nitrogen and oxygen atoms in total. The number of nitrogens with zero attached hydrogens (tertiary/aromatic N) is 5. The van der Waals surface area contributed by atoms with Gasteiger partial charge < -0.3 is 14.0 Å². The van der Waals surface area contributed by atoms with E-state index in [-0.39, 0.29) is 18.0 Å². The molecule has 0 N–H and O–H groups in total. The van der Waals surface area contributed by atoms with E-state index in [4.69, 9.17) is 9.47 Å². The van der Waals surface area contributed by atoms with Crippen molar-refractivity contribution >= 4 is 62.6 Å². The van der Waals surface area contributed by atoms with Gasteiger partial charge in [0, 0.05) is 49.3 Å². The number of hydrogen-bond donors (Lipinski definition) is 0. The SMILES string of the molecule is CC(=O)OC(c1cn(C)c(-c2nccs2)n1)[C@]1(Br)C(=O)N2C(C(=O)OCc3ccc([N+](=O)[O-])cc3)=CS[C@H]21. The summed E-state index contributed by atoms with van der Waals surface area (Å²) in [5.74, 6) is -1.26. The van der Waals surface area contributed by atoms with E-state index in [0.29, 0.717) is 22.1 Å². The Labute approximate surface area is 231 Å². The van der Waals surface area contributed by atoms with Crippen LogP contribution in [0.2, 0.25) is 0 Å². The van der Waals surface area contributed by atoms with E-state index in [2.05, 4.69) is 25.9 Å². The molecule has 1 saturated heterocycles. The minimum absolute atomic E-state index is 0.0491. The van der Waals surface area contributed by atoms with E-state index in [1.54, 1.807) is 24.0 Å². The van der Waals surface area contributed by atoms with Crippen molar-refractivity contribution in [1.82, 2.24) is 19.4 Å². The van der Waals surface area contributed by atoms with Crippen LogP contribution in [0.1, 0.15) is 24.3 Å². The summed E-state index contributed by atoms with van der Waals surface area (Å²) in [5.41, 5.74) is 0.880. The molecule has 0 radical (unpaired) electrons. The number of aryl methyl sites for hydroxylation is 1. The lowest BCUT2D eigenvalue weighted by Crippen LogP contribution is -2.70. The van der Waals surface area contributed by atoms with Gasteiger partial charge >= 0.3 is 11.9 Å². The van der Waals surface area contributed by atoms with Gasteiger partial charge in [0.1, 0.15) is 23.4 Å². The maximum atomic E-state index is 13.5. The highest BCUT2D eigenvalue weighted by molar-refractivity contribution is 9.10. The van der Waals surface area contributed by atoms with Crippen LogP contribution in [0, 0.1) is 10.1 Å². The Bertz CT molecular complexity index is 1470. The van der Waals surface area contributed by atoms with Crippen LogP contribution < -0.4 is 0 Å². The van der Waals surface area contributed by atoms with Crippen molar-refractivity contribution in [2.75, 3.05) is 0 Å². The highest BCUT2D eigenvalue weighted by atomic mass is 79.9. The molecule has 3 atom stereocenters. The number of alkyl halides is 1. The molecule has 38 heavy (non-hydrogen) atoms. The quantitative estimate of drug-likeness (QED) is 0.120. The number of ether oxygens (including phenoxy) is 2. The number of imidazole rings is 1. The number of hydrogen-bond acceptors (Lipinski definition) is 11. The zero-order chi connectivity index (χ0) is 27.2. The molecule has 0 aliphatic carbocycles. The number of nitro groups is 1. The number of benzene rings is 1. The molecule has 0 saturated carbocycles. The monoisotopic (exact) mass is 619 g/mol. The lowest BCUT2D eigenvalue weighted by molar-refractivity contribution is -0.384. The molecule has 1 unspecified atom stereocenters. The minimum Gasteiger partial charge on any atom is -0.456 e. The molecule has 4 heterocycles. The predicted molar refractivity (Wildman–Crippen MR) is 140 cm³/mol. The van der Waals surface area contributed by atoms with Gasteiger partial charge in [0.2, 0.25) is 0 Å². The van der Waals surface area contributed by atoms with Crippen molar-refractivity contribution < 1.29 is 28.8 Å². The van der Waals surface area contributed by atoms with Crippen LogP contribution in [-0.2, 0) is 37.5 Å². The molecule has 3 aromatic rings. The van der Waals surface area contributed by atoms with E-state index in [1.165, 1.54) is 64.6 Å². The molecular weight excluding hydrogens is 602 g/mol. The number of rotatable bonds is 8. The summed E-state index contributed by atoms with van der Waals surface area (Å²) in [6.45, 7) is 1.12. The normalized spacial score (nSPS) is 20.8. The predicted octanol–water partition coefficient (Wildman–Crippen LogP) is 3.69. The maximum absolute atomic E-state index is 13.5. The minimum atomic E-state index is -1.38. The number of carbonyl (C=O) groups excluding carboxylic acids is 3. The standard InChI is InChI=1S/C23H18BrN5O7S2/c1-12(30)36-17(15-9-27(2)18(26-15)19-25-7-8-37-19)23(24)21(32)28-16(11-38-22(23)28)20(31)35-10-13-3-5-14(6-4-13)29(33)34/h3-9,11,17,22H,10H2,1-2H3/t17?,22-,23-/m0/s1.